The molecule has 0 spiro atoms. The predicted octanol–water partition coefficient (Wildman–Crippen LogP) is 4.30. The molecule has 0 aliphatic carbocycles. The first kappa shape index (κ1) is 20.8. The minimum atomic E-state index is -0.146. The maximum Gasteiger partial charge on any atom is 0.234 e. The molecule has 6 heteroatoms. The second kappa shape index (κ2) is 9.46. The van der Waals surface area contributed by atoms with E-state index in [1.165, 1.54) is 17.3 Å². The van der Waals surface area contributed by atoms with E-state index in [9.17, 15) is 9.59 Å². The molecule has 0 saturated carbocycles. The van der Waals surface area contributed by atoms with Gasteiger partial charge in [0.15, 0.2) is 0 Å². The molecule has 0 fully saturated rings. The molecular formula is C21H26N2O3S. The van der Waals surface area contributed by atoms with Crippen molar-refractivity contribution in [2.45, 2.75) is 26.2 Å². The summed E-state index contributed by atoms with van der Waals surface area (Å²) >= 11 is 1.27. The molecule has 0 aromatic heterocycles. The second-order valence-electron chi connectivity index (χ2n) is 7.15. The number of hydrogen-bond donors (Lipinski definition) is 2. The summed E-state index contributed by atoms with van der Waals surface area (Å²) in [6.07, 6.45) is 0. The molecule has 0 aliphatic rings. The van der Waals surface area contributed by atoms with Gasteiger partial charge in [0.1, 0.15) is 5.75 Å². The zero-order valence-electron chi connectivity index (χ0n) is 16.2. The molecule has 5 nitrogen and oxygen atoms in total. The van der Waals surface area contributed by atoms with E-state index in [0.717, 1.165) is 11.4 Å². The van der Waals surface area contributed by atoms with Gasteiger partial charge in [0.05, 0.1) is 18.6 Å². The molecule has 2 rings (SSSR count). The number of benzene rings is 2. The first-order valence-electron chi connectivity index (χ1n) is 8.70. The number of thioether (sulfide) groups is 1. The van der Waals surface area contributed by atoms with E-state index in [0.29, 0.717) is 5.69 Å². The summed E-state index contributed by atoms with van der Waals surface area (Å²) in [6.45, 7) is 6.44. The summed E-state index contributed by atoms with van der Waals surface area (Å²) in [4.78, 5) is 24.0. The summed E-state index contributed by atoms with van der Waals surface area (Å²) in [6, 6.07) is 14.9. The molecule has 0 bridgehead atoms. The Morgan fingerprint density at radius 1 is 0.852 bits per heavy atom. The minimum absolute atomic E-state index is 0.0790. The number of anilines is 2. The van der Waals surface area contributed by atoms with Crippen molar-refractivity contribution in [1.82, 2.24) is 0 Å². The van der Waals surface area contributed by atoms with Gasteiger partial charge < -0.3 is 15.4 Å². The van der Waals surface area contributed by atoms with Crippen LogP contribution in [0, 0.1) is 0 Å². The maximum atomic E-state index is 12.0. The van der Waals surface area contributed by atoms with E-state index in [4.69, 9.17) is 4.74 Å². The van der Waals surface area contributed by atoms with E-state index >= 15 is 0 Å². The normalized spacial score (nSPS) is 11.0. The Morgan fingerprint density at radius 2 is 1.30 bits per heavy atom. The smallest absolute Gasteiger partial charge is 0.234 e. The van der Waals surface area contributed by atoms with E-state index in [2.05, 4.69) is 31.4 Å². The highest BCUT2D eigenvalue weighted by Gasteiger charge is 2.13. The third-order valence-electron chi connectivity index (χ3n) is 3.87. The van der Waals surface area contributed by atoms with Crippen molar-refractivity contribution >= 4 is 35.0 Å². The largest absolute Gasteiger partial charge is 0.497 e. The van der Waals surface area contributed by atoms with Gasteiger partial charge in [-0.1, -0.05) is 32.9 Å². The Morgan fingerprint density at radius 3 is 1.70 bits per heavy atom. The summed E-state index contributed by atoms with van der Waals surface area (Å²) in [5.74, 6) is 0.891. The first-order valence-corrected chi connectivity index (χ1v) is 9.85. The third-order valence-corrected chi connectivity index (χ3v) is 4.81. The van der Waals surface area contributed by atoms with Gasteiger partial charge in [-0.25, -0.2) is 0 Å². The zero-order chi connectivity index (χ0) is 19.9. The van der Waals surface area contributed by atoms with Crippen LogP contribution >= 0.6 is 11.8 Å². The molecule has 0 heterocycles. The van der Waals surface area contributed by atoms with Gasteiger partial charge in [0.25, 0.3) is 0 Å². The highest BCUT2D eigenvalue weighted by molar-refractivity contribution is 8.00. The Bertz CT molecular complexity index is 766. The average Bonchev–Trinajstić information content (AvgIpc) is 2.62. The first-order chi connectivity index (χ1) is 12.8. The topological polar surface area (TPSA) is 67.4 Å². The Hall–Kier alpha value is -2.47. The lowest BCUT2D eigenvalue weighted by atomic mass is 9.87. The summed E-state index contributed by atoms with van der Waals surface area (Å²) < 4.78 is 5.08. The lowest BCUT2D eigenvalue weighted by Gasteiger charge is -2.19. The molecule has 2 aromatic rings. The lowest BCUT2D eigenvalue weighted by molar-refractivity contribution is -0.114. The number of ether oxygens (including phenoxy) is 1. The summed E-state index contributed by atoms with van der Waals surface area (Å²) in [5, 5.41) is 5.64. The SMILES string of the molecule is COc1ccc(NC(=O)CSCC(=O)Nc2ccc(C(C)(C)C)cc2)cc1. The standard InChI is InChI=1S/C21H26N2O3S/c1-21(2,3)15-5-7-16(8-6-15)22-19(24)13-27-14-20(25)23-17-9-11-18(26-4)12-10-17/h5-12H,13-14H2,1-4H3,(H,22,24)(H,23,25). The van der Waals surface area contributed by atoms with Crippen LogP contribution in [0.5, 0.6) is 5.75 Å². The van der Waals surface area contributed by atoms with Crippen molar-refractivity contribution in [2.24, 2.45) is 0 Å². The third kappa shape index (κ3) is 6.98. The molecule has 0 atom stereocenters. The number of hydrogen-bond acceptors (Lipinski definition) is 4. The van der Waals surface area contributed by atoms with Gasteiger partial charge in [0, 0.05) is 11.4 Å². The molecule has 0 saturated heterocycles. The van der Waals surface area contributed by atoms with Crippen molar-refractivity contribution < 1.29 is 14.3 Å². The molecule has 2 aromatic carbocycles. The van der Waals surface area contributed by atoms with Crippen LogP contribution in [0.4, 0.5) is 11.4 Å². The number of rotatable bonds is 7. The Labute approximate surface area is 164 Å². The van der Waals surface area contributed by atoms with Gasteiger partial charge in [-0.2, -0.15) is 0 Å². The highest BCUT2D eigenvalue weighted by Crippen LogP contribution is 2.23. The monoisotopic (exact) mass is 386 g/mol. The molecule has 144 valence electrons. The predicted molar refractivity (Wildman–Crippen MR) is 113 cm³/mol. The van der Waals surface area contributed by atoms with Crippen LogP contribution in [0.2, 0.25) is 0 Å². The Kier molecular flexibility index (Phi) is 7.30. The molecule has 2 amide bonds. The molecule has 2 N–H and O–H groups in total. The maximum absolute atomic E-state index is 12.0. The zero-order valence-corrected chi connectivity index (χ0v) is 17.0. The van der Waals surface area contributed by atoms with E-state index in [1.54, 1.807) is 31.4 Å². The van der Waals surface area contributed by atoms with Gasteiger partial charge in [-0.05, 0) is 47.4 Å². The number of nitrogens with one attached hydrogen (secondary N) is 2. The lowest BCUT2D eigenvalue weighted by Crippen LogP contribution is -2.18. The number of carbonyl (C=O) groups is 2. The number of carbonyl (C=O) groups excluding carboxylic acids is 2. The number of methoxy groups -OCH3 is 1. The Balaban J connectivity index is 1.72. The van der Waals surface area contributed by atoms with Crippen molar-refractivity contribution in [2.75, 3.05) is 29.2 Å². The molecule has 0 unspecified atom stereocenters. The van der Waals surface area contributed by atoms with Gasteiger partial charge >= 0.3 is 0 Å². The quantitative estimate of drug-likeness (QED) is 0.744. The second-order valence-corrected chi connectivity index (χ2v) is 8.13. The van der Waals surface area contributed by atoms with Crippen LogP contribution in [0.3, 0.4) is 0 Å². The van der Waals surface area contributed by atoms with E-state index in [-0.39, 0.29) is 28.7 Å². The van der Waals surface area contributed by atoms with Crippen LogP contribution in [-0.2, 0) is 15.0 Å². The summed E-state index contributed by atoms with van der Waals surface area (Å²) in [5.41, 5.74) is 2.75. The molecular weight excluding hydrogens is 360 g/mol. The van der Waals surface area contributed by atoms with Crippen molar-refractivity contribution in [3.05, 3.63) is 54.1 Å². The van der Waals surface area contributed by atoms with Crippen LogP contribution in [-0.4, -0.2) is 30.4 Å². The highest BCUT2D eigenvalue weighted by atomic mass is 32.2. The van der Waals surface area contributed by atoms with Crippen LogP contribution in [0.1, 0.15) is 26.3 Å². The number of amides is 2. The van der Waals surface area contributed by atoms with Crippen molar-refractivity contribution in [3.8, 4) is 5.75 Å². The minimum Gasteiger partial charge on any atom is -0.497 e. The van der Waals surface area contributed by atoms with Crippen LogP contribution < -0.4 is 15.4 Å². The fraction of sp³-hybridized carbons (Fsp3) is 0.333. The van der Waals surface area contributed by atoms with Gasteiger partial charge in [0.2, 0.25) is 11.8 Å². The van der Waals surface area contributed by atoms with Crippen molar-refractivity contribution in [3.63, 3.8) is 0 Å². The molecule has 27 heavy (non-hydrogen) atoms. The fourth-order valence-corrected chi connectivity index (χ4v) is 2.98. The van der Waals surface area contributed by atoms with Gasteiger partial charge in [-0.3, -0.25) is 9.59 Å². The average molecular weight is 387 g/mol. The summed E-state index contributed by atoms with van der Waals surface area (Å²) in [7, 11) is 1.59. The van der Waals surface area contributed by atoms with Crippen molar-refractivity contribution in [1.29, 1.82) is 0 Å². The van der Waals surface area contributed by atoms with Crippen LogP contribution in [0.25, 0.3) is 0 Å². The van der Waals surface area contributed by atoms with E-state index < -0.39 is 0 Å². The van der Waals surface area contributed by atoms with E-state index in [1.807, 2.05) is 24.3 Å². The van der Waals surface area contributed by atoms with Crippen LogP contribution in [0.15, 0.2) is 48.5 Å². The molecule has 0 aliphatic heterocycles. The van der Waals surface area contributed by atoms with Gasteiger partial charge in [-0.15, -0.1) is 11.8 Å². The fourth-order valence-electron chi connectivity index (χ4n) is 2.36. The molecule has 0 radical (unpaired) electrons.